The number of likely N-dealkylation sites (tertiary alicyclic amines) is 1. The SMILES string of the molecule is O=C(N[C@H](Cc1ccccc1)[C@@H](O)CNCc1cccc(C(F)(F)F)c1)c1cccc(C(=O)N2CCCC2c2ccccc2)c1. The first-order valence-corrected chi connectivity index (χ1v) is 15.0. The second kappa shape index (κ2) is 14.5. The van der Waals surface area contributed by atoms with Gasteiger partial charge < -0.3 is 20.6 Å². The van der Waals surface area contributed by atoms with Crippen LogP contribution in [0.5, 0.6) is 0 Å². The molecular weight excluding hydrogens is 579 g/mol. The van der Waals surface area contributed by atoms with Gasteiger partial charge in [0.1, 0.15) is 0 Å². The first kappa shape index (κ1) is 31.9. The van der Waals surface area contributed by atoms with E-state index in [1.807, 2.05) is 65.6 Å². The fraction of sp³-hybridized carbons (Fsp3) is 0.278. The number of carbonyl (C=O) groups is 2. The number of hydrogen-bond donors (Lipinski definition) is 3. The third kappa shape index (κ3) is 8.38. The molecule has 0 aliphatic carbocycles. The highest BCUT2D eigenvalue weighted by Gasteiger charge is 2.32. The molecule has 1 saturated heterocycles. The van der Waals surface area contributed by atoms with Crippen LogP contribution in [0.4, 0.5) is 13.2 Å². The van der Waals surface area contributed by atoms with Gasteiger partial charge in [0.2, 0.25) is 0 Å². The molecule has 45 heavy (non-hydrogen) atoms. The lowest BCUT2D eigenvalue weighted by Gasteiger charge is -2.26. The van der Waals surface area contributed by atoms with Gasteiger partial charge in [-0.25, -0.2) is 0 Å². The number of aliphatic hydroxyl groups excluding tert-OH is 1. The Morgan fingerprint density at radius 1 is 0.844 bits per heavy atom. The molecule has 5 rings (SSSR count). The number of carbonyl (C=O) groups excluding carboxylic acids is 2. The Balaban J connectivity index is 1.27. The number of rotatable bonds is 11. The number of halogens is 3. The summed E-state index contributed by atoms with van der Waals surface area (Å²) in [5.41, 5.74) is 2.36. The summed E-state index contributed by atoms with van der Waals surface area (Å²) in [6.07, 6.45) is -3.41. The van der Waals surface area contributed by atoms with Crippen molar-refractivity contribution in [2.24, 2.45) is 0 Å². The van der Waals surface area contributed by atoms with E-state index in [2.05, 4.69) is 10.6 Å². The van der Waals surface area contributed by atoms with Crippen LogP contribution in [-0.2, 0) is 19.1 Å². The molecule has 4 aromatic rings. The maximum absolute atomic E-state index is 13.6. The molecule has 0 bridgehead atoms. The molecule has 1 aliphatic rings. The predicted molar refractivity (Wildman–Crippen MR) is 166 cm³/mol. The molecule has 3 N–H and O–H groups in total. The number of nitrogens with one attached hydrogen (secondary N) is 2. The van der Waals surface area contributed by atoms with E-state index in [1.54, 1.807) is 30.3 Å². The molecule has 4 aromatic carbocycles. The van der Waals surface area contributed by atoms with Crippen LogP contribution in [-0.4, -0.2) is 47.1 Å². The molecule has 1 unspecified atom stereocenters. The quantitative estimate of drug-likeness (QED) is 0.188. The fourth-order valence-corrected chi connectivity index (χ4v) is 5.76. The largest absolute Gasteiger partial charge is 0.416 e. The number of alkyl halides is 3. The molecule has 0 spiro atoms. The highest BCUT2D eigenvalue weighted by molar-refractivity contribution is 6.00. The molecule has 234 valence electrons. The monoisotopic (exact) mass is 615 g/mol. The number of nitrogens with zero attached hydrogens (tertiary/aromatic N) is 1. The summed E-state index contributed by atoms with van der Waals surface area (Å²) in [6, 6.07) is 30.1. The smallest absolute Gasteiger partial charge is 0.390 e. The molecule has 3 atom stereocenters. The van der Waals surface area contributed by atoms with E-state index in [4.69, 9.17) is 0 Å². The summed E-state index contributed by atoms with van der Waals surface area (Å²) in [5.74, 6) is -0.584. The minimum Gasteiger partial charge on any atom is -0.390 e. The van der Waals surface area contributed by atoms with Gasteiger partial charge in [-0.2, -0.15) is 13.2 Å². The topological polar surface area (TPSA) is 81.7 Å². The van der Waals surface area contributed by atoms with Crippen molar-refractivity contribution in [3.05, 3.63) is 143 Å². The number of amides is 2. The van der Waals surface area contributed by atoms with E-state index in [9.17, 15) is 27.9 Å². The molecular formula is C36H36F3N3O3. The predicted octanol–water partition coefficient (Wildman–Crippen LogP) is 6.17. The van der Waals surface area contributed by atoms with Gasteiger partial charge in [0, 0.05) is 30.8 Å². The summed E-state index contributed by atoms with van der Waals surface area (Å²) in [7, 11) is 0. The highest BCUT2D eigenvalue weighted by Crippen LogP contribution is 2.33. The van der Waals surface area contributed by atoms with Crippen LogP contribution in [0.2, 0.25) is 0 Å². The molecule has 1 heterocycles. The van der Waals surface area contributed by atoms with Crippen LogP contribution in [0, 0.1) is 0 Å². The molecule has 2 amide bonds. The Labute approximate surface area is 260 Å². The summed E-state index contributed by atoms with van der Waals surface area (Å²) in [6.45, 7) is 0.771. The highest BCUT2D eigenvalue weighted by atomic mass is 19.4. The van der Waals surface area contributed by atoms with Gasteiger partial charge in [-0.15, -0.1) is 0 Å². The zero-order valence-corrected chi connectivity index (χ0v) is 24.7. The second-order valence-corrected chi connectivity index (χ2v) is 11.3. The lowest BCUT2D eigenvalue weighted by Crippen LogP contribution is -2.48. The van der Waals surface area contributed by atoms with E-state index in [-0.39, 0.29) is 25.0 Å². The Hall–Kier alpha value is -4.47. The van der Waals surface area contributed by atoms with E-state index < -0.39 is 29.8 Å². The van der Waals surface area contributed by atoms with Gasteiger partial charge in [0.15, 0.2) is 0 Å². The summed E-state index contributed by atoms with van der Waals surface area (Å²) in [4.78, 5) is 28.9. The van der Waals surface area contributed by atoms with Gasteiger partial charge in [0.25, 0.3) is 11.8 Å². The Kier molecular flexibility index (Phi) is 10.3. The molecule has 0 saturated carbocycles. The maximum atomic E-state index is 13.6. The molecule has 0 aromatic heterocycles. The fourth-order valence-electron chi connectivity index (χ4n) is 5.76. The number of hydrogen-bond acceptors (Lipinski definition) is 4. The lowest BCUT2D eigenvalue weighted by atomic mass is 10.00. The van der Waals surface area contributed by atoms with Crippen molar-refractivity contribution in [2.75, 3.05) is 13.1 Å². The number of benzene rings is 4. The third-order valence-electron chi connectivity index (χ3n) is 8.09. The van der Waals surface area contributed by atoms with Gasteiger partial charge in [0.05, 0.1) is 23.8 Å². The zero-order chi connectivity index (χ0) is 31.8. The first-order valence-electron chi connectivity index (χ1n) is 15.0. The van der Waals surface area contributed by atoms with E-state index >= 15 is 0 Å². The maximum Gasteiger partial charge on any atom is 0.416 e. The average Bonchev–Trinajstić information content (AvgIpc) is 3.55. The van der Waals surface area contributed by atoms with Crippen LogP contribution in [0.25, 0.3) is 0 Å². The normalized spacial score (nSPS) is 16.3. The van der Waals surface area contributed by atoms with Crippen molar-refractivity contribution >= 4 is 11.8 Å². The van der Waals surface area contributed by atoms with E-state index in [0.29, 0.717) is 29.7 Å². The summed E-state index contributed by atoms with van der Waals surface area (Å²) >= 11 is 0. The van der Waals surface area contributed by atoms with E-state index in [0.717, 1.165) is 36.1 Å². The minimum absolute atomic E-state index is 0.0231. The molecule has 9 heteroatoms. The minimum atomic E-state index is -4.44. The second-order valence-electron chi connectivity index (χ2n) is 11.3. The first-order chi connectivity index (χ1) is 21.7. The Bertz CT molecular complexity index is 1580. The molecule has 0 radical (unpaired) electrons. The summed E-state index contributed by atoms with van der Waals surface area (Å²) < 4.78 is 39.3. The van der Waals surface area contributed by atoms with Crippen molar-refractivity contribution in [1.82, 2.24) is 15.5 Å². The van der Waals surface area contributed by atoms with Crippen molar-refractivity contribution in [1.29, 1.82) is 0 Å². The van der Waals surface area contributed by atoms with Crippen molar-refractivity contribution in [3.8, 4) is 0 Å². The standard InChI is InChI=1S/C36H36F3N3O3/c37-36(38,39)30-17-7-12-26(20-30)23-40-24-33(43)31(21-25-10-3-1-4-11-25)41-34(44)28-15-8-16-29(22-28)35(45)42-19-9-18-32(42)27-13-5-2-6-14-27/h1-8,10-17,20,22,31-33,40,43H,9,18-19,21,23-24H2,(H,41,44)/t31-,32?,33+/m1/s1. The molecule has 1 fully saturated rings. The van der Waals surface area contributed by atoms with Crippen molar-refractivity contribution < 1.29 is 27.9 Å². The third-order valence-corrected chi connectivity index (χ3v) is 8.09. The Morgan fingerprint density at radius 2 is 1.51 bits per heavy atom. The van der Waals surface area contributed by atoms with Gasteiger partial charge in [-0.1, -0.05) is 84.9 Å². The van der Waals surface area contributed by atoms with Crippen LogP contribution < -0.4 is 10.6 Å². The Morgan fingerprint density at radius 3 is 2.24 bits per heavy atom. The van der Waals surface area contributed by atoms with Crippen molar-refractivity contribution in [2.45, 2.75) is 50.2 Å². The lowest BCUT2D eigenvalue weighted by molar-refractivity contribution is -0.137. The van der Waals surface area contributed by atoms with Gasteiger partial charge >= 0.3 is 6.18 Å². The van der Waals surface area contributed by atoms with Crippen LogP contribution in [0.15, 0.2) is 109 Å². The van der Waals surface area contributed by atoms with E-state index in [1.165, 1.54) is 6.07 Å². The molecule has 1 aliphatic heterocycles. The van der Waals surface area contributed by atoms with Gasteiger partial charge in [-0.05, 0) is 60.2 Å². The zero-order valence-electron chi connectivity index (χ0n) is 24.7. The van der Waals surface area contributed by atoms with Crippen LogP contribution >= 0.6 is 0 Å². The van der Waals surface area contributed by atoms with Crippen LogP contribution in [0.1, 0.15) is 61.9 Å². The van der Waals surface area contributed by atoms with Crippen LogP contribution in [0.3, 0.4) is 0 Å². The van der Waals surface area contributed by atoms with Crippen molar-refractivity contribution in [3.63, 3.8) is 0 Å². The summed E-state index contributed by atoms with van der Waals surface area (Å²) in [5, 5.41) is 17.1. The average molecular weight is 616 g/mol. The number of aliphatic hydroxyl groups is 1. The van der Waals surface area contributed by atoms with Gasteiger partial charge in [-0.3, -0.25) is 9.59 Å². The molecule has 6 nitrogen and oxygen atoms in total.